The van der Waals surface area contributed by atoms with Crippen LogP contribution in [-0.4, -0.2) is 56.7 Å². The van der Waals surface area contributed by atoms with Crippen molar-refractivity contribution in [2.45, 2.75) is 32.2 Å². The molecule has 2 unspecified atom stereocenters. The summed E-state index contributed by atoms with van der Waals surface area (Å²) in [7, 11) is 1.42. The van der Waals surface area contributed by atoms with Crippen LogP contribution >= 0.6 is 0 Å². The first kappa shape index (κ1) is 16.8. The summed E-state index contributed by atoms with van der Waals surface area (Å²) >= 11 is 0. The summed E-state index contributed by atoms with van der Waals surface area (Å²) in [4.78, 5) is 21.2. The van der Waals surface area contributed by atoms with Crippen LogP contribution < -0.4 is 5.32 Å². The predicted molar refractivity (Wildman–Crippen MR) is 63.1 cm³/mol. The lowest BCUT2D eigenvalue weighted by atomic mass is 10.3. The third kappa shape index (κ3) is 7.99. The number of hydrogen-bond donors (Lipinski definition) is 2. The number of hydrogen-bond acceptors (Lipinski definition) is 6. The number of nitrogens with one attached hydrogen (secondary N) is 1. The van der Waals surface area contributed by atoms with E-state index in [1.807, 2.05) is 6.92 Å². The summed E-state index contributed by atoms with van der Waals surface area (Å²) in [6.07, 6.45) is -0.145. The van der Waals surface area contributed by atoms with Crippen molar-refractivity contribution in [3.8, 4) is 0 Å². The maximum Gasteiger partial charge on any atom is 0.407 e. The van der Waals surface area contributed by atoms with Gasteiger partial charge >= 0.3 is 6.09 Å². The Labute approximate surface area is 106 Å². The Hall–Kier alpha value is -1.18. The van der Waals surface area contributed by atoms with Crippen molar-refractivity contribution in [1.82, 2.24) is 5.32 Å². The van der Waals surface area contributed by atoms with E-state index in [4.69, 9.17) is 19.3 Å². The van der Waals surface area contributed by atoms with Gasteiger partial charge < -0.3 is 29.4 Å². The van der Waals surface area contributed by atoms with Gasteiger partial charge in [-0.2, -0.15) is 0 Å². The summed E-state index contributed by atoms with van der Waals surface area (Å²) in [6, 6.07) is 0. The molecule has 18 heavy (non-hydrogen) atoms. The number of alkyl carbamates (subject to hydrolysis) is 1. The molecular weight excluding hydrogens is 242 g/mol. The predicted octanol–water partition coefficient (Wildman–Crippen LogP) is 0.0616. The second kappa shape index (κ2) is 10.9. The second-order valence-corrected chi connectivity index (χ2v) is 3.49. The smallest absolute Gasteiger partial charge is 0.407 e. The fourth-order valence-electron chi connectivity index (χ4n) is 1.07. The molecule has 7 heteroatoms. The second-order valence-electron chi connectivity index (χ2n) is 3.49. The highest BCUT2D eigenvalue weighted by atomic mass is 16.7. The van der Waals surface area contributed by atoms with Crippen LogP contribution in [0.25, 0.3) is 0 Å². The van der Waals surface area contributed by atoms with Crippen molar-refractivity contribution >= 4 is 12.4 Å². The molecule has 0 saturated carbocycles. The molecule has 0 saturated heterocycles. The van der Waals surface area contributed by atoms with Gasteiger partial charge in [-0.1, -0.05) is 6.92 Å². The van der Waals surface area contributed by atoms with Gasteiger partial charge in [-0.3, -0.25) is 0 Å². The molecule has 0 aromatic heterocycles. The molecule has 7 nitrogen and oxygen atoms in total. The zero-order valence-corrected chi connectivity index (χ0v) is 10.8. The first-order chi connectivity index (χ1) is 8.67. The Morgan fingerprint density at radius 1 is 1.50 bits per heavy atom. The highest BCUT2D eigenvalue weighted by Gasteiger charge is 2.16. The molecule has 0 radical (unpaired) electrons. The van der Waals surface area contributed by atoms with Gasteiger partial charge in [0.05, 0.1) is 12.7 Å². The topological polar surface area (TPSA) is 94.1 Å². The molecule has 0 bridgehead atoms. The summed E-state index contributed by atoms with van der Waals surface area (Å²) in [5, 5.41) is 11.3. The van der Waals surface area contributed by atoms with Gasteiger partial charge in [-0.05, 0) is 6.42 Å². The molecule has 0 aliphatic carbocycles. The quantitative estimate of drug-likeness (QED) is 0.329. The van der Waals surface area contributed by atoms with Crippen LogP contribution in [0.5, 0.6) is 0 Å². The number of carbonyl (C=O) groups is 2. The maximum atomic E-state index is 11.2. The summed E-state index contributed by atoms with van der Waals surface area (Å²) < 4.78 is 15.1. The standard InChI is InChI=1S/C11H21NO6/c1-3-9(7-14)18-10(16-2)8-17-11(15)12-5-4-6-13/h6,9-10,14H,3-5,7-8H2,1-2H3,(H,12,15). The van der Waals surface area contributed by atoms with Gasteiger partial charge in [0.15, 0.2) is 6.29 Å². The third-order valence-corrected chi connectivity index (χ3v) is 2.15. The normalized spacial score (nSPS) is 13.7. The minimum absolute atomic E-state index is 0.0834. The number of carbonyl (C=O) groups excluding carboxylic acids is 2. The minimum Gasteiger partial charge on any atom is -0.444 e. The number of methoxy groups -OCH3 is 1. The number of ether oxygens (including phenoxy) is 3. The van der Waals surface area contributed by atoms with Gasteiger partial charge in [-0.25, -0.2) is 4.79 Å². The molecule has 0 fully saturated rings. The minimum atomic E-state index is -0.723. The molecule has 106 valence electrons. The molecule has 0 spiro atoms. The lowest BCUT2D eigenvalue weighted by Crippen LogP contribution is -2.33. The molecule has 0 rings (SSSR count). The van der Waals surface area contributed by atoms with E-state index in [1.165, 1.54) is 7.11 Å². The number of aliphatic hydroxyl groups is 1. The van der Waals surface area contributed by atoms with Crippen LogP contribution in [0, 0.1) is 0 Å². The largest absolute Gasteiger partial charge is 0.444 e. The van der Waals surface area contributed by atoms with Crippen LogP contribution in [-0.2, 0) is 19.0 Å². The van der Waals surface area contributed by atoms with Gasteiger partial charge in [-0.15, -0.1) is 0 Å². The molecule has 2 N–H and O–H groups in total. The Morgan fingerprint density at radius 3 is 2.72 bits per heavy atom. The lowest BCUT2D eigenvalue weighted by Gasteiger charge is -2.21. The van der Waals surface area contributed by atoms with E-state index in [9.17, 15) is 9.59 Å². The number of aldehydes is 1. The number of aliphatic hydroxyl groups excluding tert-OH is 1. The third-order valence-electron chi connectivity index (χ3n) is 2.15. The molecular formula is C11H21NO6. The molecule has 0 aromatic carbocycles. The Balaban J connectivity index is 3.84. The molecule has 0 aromatic rings. The fraction of sp³-hybridized carbons (Fsp3) is 0.818. The van der Waals surface area contributed by atoms with Crippen LogP contribution in [0.15, 0.2) is 0 Å². The summed E-state index contributed by atoms with van der Waals surface area (Å²) in [6.45, 7) is 1.89. The molecule has 1 amide bonds. The van der Waals surface area contributed by atoms with Gasteiger partial charge in [0.1, 0.15) is 12.9 Å². The van der Waals surface area contributed by atoms with E-state index >= 15 is 0 Å². The Morgan fingerprint density at radius 2 is 2.22 bits per heavy atom. The molecule has 0 heterocycles. The maximum absolute atomic E-state index is 11.2. The average Bonchev–Trinajstić information content (AvgIpc) is 2.39. The van der Waals surface area contributed by atoms with Gasteiger partial charge in [0.25, 0.3) is 0 Å². The van der Waals surface area contributed by atoms with Crippen molar-refractivity contribution in [2.75, 3.05) is 26.9 Å². The Kier molecular flexibility index (Phi) is 10.2. The molecule has 2 atom stereocenters. The average molecular weight is 263 g/mol. The van der Waals surface area contributed by atoms with E-state index < -0.39 is 12.4 Å². The van der Waals surface area contributed by atoms with Crippen molar-refractivity contribution in [3.05, 3.63) is 0 Å². The van der Waals surface area contributed by atoms with E-state index in [0.29, 0.717) is 12.7 Å². The van der Waals surface area contributed by atoms with Crippen LogP contribution in [0.1, 0.15) is 19.8 Å². The fourth-order valence-corrected chi connectivity index (χ4v) is 1.07. The van der Waals surface area contributed by atoms with Gasteiger partial charge in [0.2, 0.25) is 0 Å². The Bertz CT molecular complexity index is 232. The van der Waals surface area contributed by atoms with Crippen LogP contribution in [0.3, 0.4) is 0 Å². The van der Waals surface area contributed by atoms with E-state index in [0.717, 1.165) is 0 Å². The highest BCUT2D eigenvalue weighted by Crippen LogP contribution is 2.04. The van der Waals surface area contributed by atoms with Gasteiger partial charge in [0, 0.05) is 20.1 Å². The first-order valence-corrected chi connectivity index (χ1v) is 5.81. The van der Waals surface area contributed by atoms with Crippen molar-refractivity contribution < 1.29 is 28.9 Å². The van der Waals surface area contributed by atoms with Crippen LogP contribution in [0.2, 0.25) is 0 Å². The number of amides is 1. The number of rotatable bonds is 10. The summed E-state index contributed by atoms with van der Waals surface area (Å²) in [5.41, 5.74) is 0. The van der Waals surface area contributed by atoms with Crippen molar-refractivity contribution in [1.29, 1.82) is 0 Å². The van der Waals surface area contributed by atoms with E-state index in [1.54, 1.807) is 0 Å². The van der Waals surface area contributed by atoms with Crippen molar-refractivity contribution in [3.63, 3.8) is 0 Å². The van der Waals surface area contributed by atoms with Crippen molar-refractivity contribution in [2.24, 2.45) is 0 Å². The van der Waals surface area contributed by atoms with E-state index in [2.05, 4.69) is 5.32 Å². The lowest BCUT2D eigenvalue weighted by molar-refractivity contribution is -0.181. The highest BCUT2D eigenvalue weighted by molar-refractivity contribution is 5.67. The SMILES string of the molecule is CCC(CO)OC(COC(=O)NCCC=O)OC. The van der Waals surface area contributed by atoms with Crippen LogP contribution in [0.4, 0.5) is 4.79 Å². The van der Waals surface area contributed by atoms with E-state index in [-0.39, 0.29) is 32.3 Å². The first-order valence-electron chi connectivity index (χ1n) is 5.81. The zero-order chi connectivity index (χ0) is 13.8. The zero-order valence-electron chi connectivity index (χ0n) is 10.8. The summed E-state index contributed by atoms with van der Waals surface area (Å²) in [5.74, 6) is 0. The molecule has 0 aliphatic rings. The molecule has 0 aliphatic heterocycles. The monoisotopic (exact) mass is 263 g/mol.